The number of fused-ring (bicyclic) bond motifs is 3. The number of rotatable bonds is 3. The van der Waals surface area contributed by atoms with Gasteiger partial charge >= 0.3 is 0 Å². The summed E-state index contributed by atoms with van der Waals surface area (Å²) >= 11 is 0. The Morgan fingerprint density at radius 2 is 1.74 bits per heavy atom. The molecule has 1 aromatic heterocycles. The van der Waals surface area contributed by atoms with Gasteiger partial charge in [0.1, 0.15) is 0 Å². The summed E-state index contributed by atoms with van der Waals surface area (Å²) in [5.41, 5.74) is 7.05. The van der Waals surface area contributed by atoms with Gasteiger partial charge in [-0.1, -0.05) is 105 Å². The summed E-state index contributed by atoms with van der Waals surface area (Å²) < 4.78 is 0. The van der Waals surface area contributed by atoms with Crippen molar-refractivity contribution in [3.05, 3.63) is 94.6 Å². The summed E-state index contributed by atoms with van der Waals surface area (Å²) in [7, 11) is 0. The van der Waals surface area contributed by atoms with Gasteiger partial charge in [-0.05, 0) is 47.7 Å². The van der Waals surface area contributed by atoms with Gasteiger partial charge in [0.2, 0.25) is 0 Å². The maximum Gasteiger partial charge on any atom is 0.151 e. The number of carbonyl (C=O) groups is 1. The fourth-order valence-corrected chi connectivity index (χ4v) is 5.97. The minimum absolute atomic E-state index is 0. The number of aromatic nitrogens is 1. The minimum atomic E-state index is -0.0594. The Balaban J connectivity index is 0.000000207. The van der Waals surface area contributed by atoms with Crippen LogP contribution in [0, 0.1) is 13.0 Å². The van der Waals surface area contributed by atoms with Crippen LogP contribution in [0.4, 0.5) is 0 Å². The molecule has 0 unspecified atom stereocenters. The predicted octanol–water partition coefficient (Wildman–Crippen LogP) is 8.99. The topological polar surface area (TPSA) is 44.1 Å². The first-order valence-corrected chi connectivity index (χ1v) is 13.5. The number of carbonyl (C=O) groups excluding carboxylic acids is 1. The normalized spacial score (nSPS) is 16.2. The second-order valence-corrected chi connectivity index (χ2v) is 11.2. The molecule has 4 aromatic rings. The van der Waals surface area contributed by atoms with Crippen molar-refractivity contribution in [2.75, 3.05) is 0 Å². The van der Waals surface area contributed by atoms with Crippen molar-refractivity contribution >= 4 is 27.3 Å². The molecule has 1 radical (unpaired) electrons. The molecule has 1 heterocycles. The molecular formula is C34H36IrN2O-2. The van der Waals surface area contributed by atoms with Gasteiger partial charge < -0.3 is 5.32 Å². The third kappa shape index (κ3) is 5.63. The van der Waals surface area contributed by atoms with E-state index >= 15 is 0 Å². The summed E-state index contributed by atoms with van der Waals surface area (Å²) in [6.07, 6.45) is 9.87. The molecule has 1 fully saturated rings. The molecule has 1 saturated carbocycles. The van der Waals surface area contributed by atoms with Gasteiger partial charge in [-0.3, -0.25) is 9.78 Å². The zero-order valence-electron chi connectivity index (χ0n) is 23.0. The molecule has 0 saturated heterocycles. The summed E-state index contributed by atoms with van der Waals surface area (Å²) in [5, 5.41) is 9.47. The molecule has 0 aliphatic heterocycles. The van der Waals surface area contributed by atoms with E-state index in [1.807, 2.05) is 13.1 Å². The number of ketones is 1. The van der Waals surface area contributed by atoms with E-state index in [-0.39, 0.29) is 31.3 Å². The smallest absolute Gasteiger partial charge is 0.151 e. The SMILES string of the molecule is CC(=O)/C=C(/C)[N-]C1CCCCC1.Cc1cc2c3c(nccc3c1)-c1[c-]c3ccccc3cc1C2(C)C.[Ir]. The Morgan fingerprint density at radius 3 is 2.47 bits per heavy atom. The van der Waals surface area contributed by atoms with E-state index in [1.54, 1.807) is 13.0 Å². The second-order valence-electron chi connectivity index (χ2n) is 11.2. The van der Waals surface area contributed by atoms with E-state index in [9.17, 15) is 4.79 Å². The van der Waals surface area contributed by atoms with Gasteiger partial charge in [0.25, 0.3) is 0 Å². The molecule has 2 aliphatic rings. The zero-order chi connectivity index (χ0) is 26.2. The minimum Gasteiger partial charge on any atom is -0.685 e. The van der Waals surface area contributed by atoms with Gasteiger partial charge in [-0.15, -0.1) is 29.6 Å². The fraction of sp³-hybridized carbons (Fsp3) is 0.353. The Labute approximate surface area is 240 Å². The van der Waals surface area contributed by atoms with Crippen LogP contribution in [0.2, 0.25) is 0 Å². The average molecular weight is 681 g/mol. The average Bonchev–Trinajstić information content (AvgIpc) is 2.87. The first kappa shape index (κ1) is 28.2. The molecule has 0 bridgehead atoms. The molecule has 0 atom stereocenters. The summed E-state index contributed by atoms with van der Waals surface area (Å²) in [6, 6.07) is 21.6. The van der Waals surface area contributed by atoms with Crippen LogP contribution < -0.4 is 0 Å². The zero-order valence-corrected chi connectivity index (χ0v) is 25.4. The van der Waals surface area contributed by atoms with Crippen LogP contribution >= 0.6 is 0 Å². The monoisotopic (exact) mass is 681 g/mol. The van der Waals surface area contributed by atoms with E-state index < -0.39 is 0 Å². The molecule has 38 heavy (non-hydrogen) atoms. The molecule has 0 spiro atoms. The fourth-order valence-electron chi connectivity index (χ4n) is 5.97. The van der Waals surface area contributed by atoms with Gasteiger partial charge in [-0.2, -0.15) is 5.70 Å². The van der Waals surface area contributed by atoms with Gasteiger partial charge in [0, 0.05) is 32.0 Å². The van der Waals surface area contributed by atoms with Crippen molar-refractivity contribution in [2.45, 2.75) is 78.2 Å². The molecular weight excluding hydrogens is 645 g/mol. The first-order chi connectivity index (χ1) is 17.7. The maximum atomic E-state index is 10.8. The van der Waals surface area contributed by atoms with Crippen molar-refractivity contribution in [3.8, 4) is 11.3 Å². The van der Waals surface area contributed by atoms with E-state index in [4.69, 9.17) is 4.98 Å². The van der Waals surface area contributed by atoms with Crippen molar-refractivity contribution in [1.29, 1.82) is 0 Å². The van der Waals surface area contributed by atoms with Crippen LogP contribution in [0.3, 0.4) is 0 Å². The van der Waals surface area contributed by atoms with Crippen LogP contribution in [-0.4, -0.2) is 16.8 Å². The van der Waals surface area contributed by atoms with E-state index in [1.165, 1.54) is 65.0 Å². The Bertz CT molecular complexity index is 1510. The van der Waals surface area contributed by atoms with Crippen LogP contribution in [0.1, 0.15) is 76.5 Å². The Hall–Kier alpha value is -2.81. The van der Waals surface area contributed by atoms with Crippen molar-refractivity contribution < 1.29 is 24.9 Å². The number of aryl methyl sites for hydroxylation is 1. The number of allylic oxidation sites excluding steroid dienone is 2. The molecule has 0 amide bonds. The molecule has 3 nitrogen and oxygen atoms in total. The van der Waals surface area contributed by atoms with Crippen LogP contribution in [-0.2, 0) is 30.3 Å². The first-order valence-electron chi connectivity index (χ1n) is 13.5. The number of pyridine rings is 1. The largest absolute Gasteiger partial charge is 0.685 e. The molecule has 0 N–H and O–H groups in total. The van der Waals surface area contributed by atoms with E-state index in [2.05, 4.69) is 80.7 Å². The van der Waals surface area contributed by atoms with Gasteiger partial charge in [-0.25, -0.2) is 0 Å². The van der Waals surface area contributed by atoms with Gasteiger partial charge in [0.15, 0.2) is 5.78 Å². The molecule has 3 aromatic carbocycles. The number of nitrogens with zero attached hydrogens (tertiary/aromatic N) is 2. The molecule has 199 valence electrons. The van der Waals surface area contributed by atoms with Crippen molar-refractivity contribution in [3.63, 3.8) is 0 Å². The summed E-state index contributed by atoms with van der Waals surface area (Å²) in [6.45, 7) is 10.3. The molecule has 6 rings (SSSR count). The molecule has 4 heteroatoms. The van der Waals surface area contributed by atoms with E-state index in [0.29, 0.717) is 6.04 Å². The maximum absolute atomic E-state index is 10.8. The third-order valence-corrected chi connectivity index (χ3v) is 7.75. The Morgan fingerprint density at radius 1 is 1.00 bits per heavy atom. The number of hydrogen-bond donors (Lipinski definition) is 0. The van der Waals surface area contributed by atoms with Gasteiger partial charge in [0.05, 0.1) is 0 Å². The number of hydrogen-bond acceptors (Lipinski definition) is 2. The van der Waals surface area contributed by atoms with Crippen molar-refractivity contribution in [1.82, 2.24) is 4.98 Å². The standard InChI is InChI=1S/C23H18N.C11H19NO.Ir/c1-14-10-17-8-9-24-22-18-12-15-6-4-5-7-16(15)13-19(18)23(2,3)20(11-14)21(17)22;1-9(8-10(2)13)12-11-6-4-3-5-7-11;/h4-11,13H,1-3H3;8,11H,3-7H2,1-2H3,(H,12,13);/q-1;;/p-1. The molecule has 2 aliphatic carbocycles. The number of benzene rings is 3. The van der Waals surface area contributed by atoms with Crippen molar-refractivity contribution in [2.24, 2.45) is 0 Å². The van der Waals surface area contributed by atoms with Crippen LogP contribution in [0.15, 0.2) is 66.5 Å². The van der Waals surface area contributed by atoms with Crippen LogP contribution in [0.25, 0.3) is 38.1 Å². The quantitative estimate of drug-likeness (QED) is 0.160. The Kier molecular flexibility index (Phi) is 8.55. The predicted molar refractivity (Wildman–Crippen MR) is 155 cm³/mol. The van der Waals surface area contributed by atoms with E-state index in [0.717, 1.165) is 22.3 Å². The summed E-state index contributed by atoms with van der Waals surface area (Å²) in [4.78, 5) is 15.5. The second kappa shape index (κ2) is 11.5. The summed E-state index contributed by atoms with van der Waals surface area (Å²) in [5.74, 6) is 0.0945. The van der Waals surface area contributed by atoms with Crippen LogP contribution in [0.5, 0.6) is 0 Å². The third-order valence-electron chi connectivity index (χ3n) is 7.75.